The molecule has 0 bridgehead atoms. The van der Waals surface area contributed by atoms with Gasteiger partial charge in [0, 0.05) is 11.6 Å². The normalized spacial score (nSPS) is 10.3. The molecule has 1 aromatic rings. The zero-order valence-corrected chi connectivity index (χ0v) is 8.45. The summed E-state index contributed by atoms with van der Waals surface area (Å²) in [6, 6.07) is 7.15. The van der Waals surface area contributed by atoms with Gasteiger partial charge in [0.25, 0.3) is 5.91 Å². The minimum Gasteiger partial charge on any atom is -0.392 e. The van der Waals surface area contributed by atoms with E-state index in [2.05, 4.69) is 5.32 Å². The van der Waals surface area contributed by atoms with Gasteiger partial charge in [0.05, 0.1) is 6.61 Å². The minimum absolute atomic E-state index is 0.106. The van der Waals surface area contributed by atoms with Crippen LogP contribution in [-0.4, -0.2) is 17.1 Å². The molecule has 0 aromatic heterocycles. The molecule has 0 aliphatic carbocycles. The molecule has 1 amide bonds. The maximum Gasteiger partial charge on any atom is 0.251 e. The van der Waals surface area contributed by atoms with Gasteiger partial charge in [-0.1, -0.05) is 18.2 Å². The van der Waals surface area contributed by atoms with Gasteiger partial charge in [0.2, 0.25) is 0 Å². The van der Waals surface area contributed by atoms with Gasteiger partial charge in [-0.3, -0.25) is 4.79 Å². The maximum atomic E-state index is 11.6. The molecule has 0 atom stereocenters. The molecule has 14 heavy (non-hydrogen) atoms. The highest BCUT2D eigenvalue weighted by atomic mass is 16.3. The largest absolute Gasteiger partial charge is 0.392 e. The van der Waals surface area contributed by atoms with Crippen LogP contribution in [0.1, 0.15) is 29.8 Å². The molecule has 0 unspecified atom stereocenters. The fourth-order valence-electron chi connectivity index (χ4n) is 1.22. The SMILES string of the molecule is CC(C)NC(=O)c1ccccc1CO. The molecular weight excluding hydrogens is 178 g/mol. The second-order valence-electron chi connectivity index (χ2n) is 3.44. The lowest BCUT2D eigenvalue weighted by atomic mass is 10.1. The van der Waals surface area contributed by atoms with Crippen molar-refractivity contribution in [3.8, 4) is 0 Å². The Bertz CT molecular complexity index is 321. The third kappa shape index (κ3) is 2.57. The van der Waals surface area contributed by atoms with Crippen LogP contribution >= 0.6 is 0 Å². The molecule has 0 heterocycles. The Labute approximate surface area is 83.8 Å². The molecule has 0 fully saturated rings. The average molecular weight is 193 g/mol. The predicted molar refractivity (Wildman–Crippen MR) is 55.0 cm³/mol. The van der Waals surface area contributed by atoms with Gasteiger partial charge in [-0.2, -0.15) is 0 Å². The summed E-state index contributed by atoms with van der Waals surface area (Å²) in [7, 11) is 0. The van der Waals surface area contributed by atoms with Crippen molar-refractivity contribution in [1.29, 1.82) is 0 Å². The molecule has 3 heteroatoms. The number of aliphatic hydroxyl groups excluding tert-OH is 1. The highest BCUT2D eigenvalue weighted by Crippen LogP contribution is 2.08. The number of amides is 1. The topological polar surface area (TPSA) is 49.3 Å². The highest BCUT2D eigenvalue weighted by molar-refractivity contribution is 5.95. The summed E-state index contributed by atoms with van der Waals surface area (Å²) >= 11 is 0. The number of hydrogen-bond donors (Lipinski definition) is 2. The molecule has 1 rings (SSSR count). The molecule has 76 valence electrons. The van der Waals surface area contributed by atoms with Crippen molar-refractivity contribution in [1.82, 2.24) is 5.32 Å². The summed E-state index contributed by atoms with van der Waals surface area (Å²) in [5, 5.41) is 11.8. The van der Waals surface area contributed by atoms with Gasteiger partial charge >= 0.3 is 0 Å². The van der Waals surface area contributed by atoms with Gasteiger partial charge in [-0.25, -0.2) is 0 Å². The molecule has 0 saturated carbocycles. The summed E-state index contributed by atoms with van der Waals surface area (Å²) in [6.45, 7) is 3.70. The quantitative estimate of drug-likeness (QED) is 0.760. The van der Waals surface area contributed by atoms with E-state index in [0.29, 0.717) is 11.1 Å². The van der Waals surface area contributed by atoms with Crippen molar-refractivity contribution in [3.63, 3.8) is 0 Å². The molecule has 3 nitrogen and oxygen atoms in total. The van der Waals surface area contributed by atoms with Crippen molar-refractivity contribution >= 4 is 5.91 Å². The van der Waals surface area contributed by atoms with Crippen molar-refractivity contribution in [2.24, 2.45) is 0 Å². The van der Waals surface area contributed by atoms with Crippen LogP contribution in [0, 0.1) is 0 Å². The van der Waals surface area contributed by atoms with Crippen LogP contribution in [0.2, 0.25) is 0 Å². The van der Waals surface area contributed by atoms with E-state index in [0.717, 1.165) is 0 Å². The Morgan fingerprint density at radius 3 is 2.64 bits per heavy atom. The van der Waals surface area contributed by atoms with Gasteiger partial charge in [-0.05, 0) is 25.5 Å². The fraction of sp³-hybridized carbons (Fsp3) is 0.364. The van der Waals surface area contributed by atoms with Crippen molar-refractivity contribution in [2.75, 3.05) is 0 Å². The molecule has 0 aliphatic rings. The van der Waals surface area contributed by atoms with E-state index in [1.807, 2.05) is 13.8 Å². The standard InChI is InChI=1S/C11H15NO2/c1-8(2)12-11(14)10-6-4-3-5-9(10)7-13/h3-6,8,13H,7H2,1-2H3,(H,12,14). The van der Waals surface area contributed by atoms with Gasteiger partial charge in [-0.15, -0.1) is 0 Å². The van der Waals surface area contributed by atoms with E-state index in [9.17, 15) is 4.79 Å². The lowest BCUT2D eigenvalue weighted by molar-refractivity contribution is 0.0940. The number of carbonyl (C=O) groups is 1. The zero-order valence-electron chi connectivity index (χ0n) is 8.45. The molecule has 0 radical (unpaired) electrons. The Kier molecular flexibility index (Phi) is 3.65. The van der Waals surface area contributed by atoms with E-state index < -0.39 is 0 Å². The third-order valence-electron chi connectivity index (χ3n) is 1.85. The molecule has 0 spiro atoms. The number of hydrogen-bond acceptors (Lipinski definition) is 2. The molecular formula is C11H15NO2. The number of nitrogens with one attached hydrogen (secondary N) is 1. The average Bonchev–Trinajstić information content (AvgIpc) is 2.16. The summed E-state index contributed by atoms with van der Waals surface area (Å²) in [5.41, 5.74) is 1.20. The van der Waals surface area contributed by atoms with Crippen LogP contribution in [-0.2, 0) is 6.61 Å². The molecule has 0 aliphatic heterocycles. The third-order valence-corrected chi connectivity index (χ3v) is 1.85. The van der Waals surface area contributed by atoms with Crippen LogP contribution in [0.3, 0.4) is 0 Å². The van der Waals surface area contributed by atoms with Crippen molar-refractivity contribution in [2.45, 2.75) is 26.5 Å². The predicted octanol–water partition coefficient (Wildman–Crippen LogP) is 1.32. The van der Waals surface area contributed by atoms with Gasteiger partial charge < -0.3 is 10.4 Å². The first-order valence-corrected chi connectivity index (χ1v) is 4.64. The lowest BCUT2D eigenvalue weighted by Gasteiger charge is -2.10. The van der Waals surface area contributed by atoms with E-state index in [1.165, 1.54) is 0 Å². The number of aliphatic hydroxyl groups is 1. The van der Waals surface area contributed by atoms with Crippen LogP contribution in [0.25, 0.3) is 0 Å². The Morgan fingerprint density at radius 2 is 2.07 bits per heavy atom. The smallest absolute Gasteiger partial charge is 0.251 e. The molecule has 1 aromatic carbocycles. The maximum absolute atomic E-state index is 11.6. The first kappa shape index (κ1) is 10.7. The van der Waals surface area contributed by atoms with Gasteiger partial charge in [0.15, 0.2) is 0 Å². The Hall–Kier alpha value is -1.35. The van der Waals surface area contributed by atoms with Crippen LogP contribution in [0.4, 0.5) is 0 Å². The lowest BCUT2D eigenvalue weighted by Crippen LogP contribution is -2.30. The summed E-state index contributed by atoms with van der Waals surface area (Å²) in [6.07, 6.45) is 0. The number of carbonyl (C=O) groups excluding carboxylic acids is 1. The number of rotatable bonds is 3. The Morgan fingerprint density at radius 1 is 1.43 bits per heavy atom. The first-order valence-electron chi connectivity index (χ1n) is 4.64. The van der Waals surface area contributed by atoms with E-state index in [1.54, 1.807) is 24.3 Å². The Balaban J connectivity index is 2.88. The van der Waals surface area contributed by atoms with Gasteiger partial charge in [0.1, 0.15) is 0 Å². The number of benzene rings is 1. The van der Waals surface area contributed by atoms with Crippen molar-refractivity contribution < 1.29 is 9.90 Å². The molecule has 0 saturated heterocycles. The first-order chi connectivity index (χ1) is 6.65. The van der Waals surface area contributed by atoms with Crippen molar-refractivity contribution in [3.05, 3.63) is 35.4 Å². The second-order valence-corrected chi connectivity index (χ2v) is 3.44. The second kappa shape index (κ2) is 4.77. The summed E-state index contributed by atoms with van der Waals surface area (Å²) in [5.74, 6) is -0.135. The molecule has 2 N–H and O–H groups in total. The van der Waals surface area contributed by atoms with Crippen LogP contribution in [0.15, 0.2) is 24.3 Å². The van der Waals surface area contributed by atoms with Crippen LogP contribution in [0.5, 0.6) is 0 Å². The highest BCUT2D eigenvalue weighted by Gasteiger charge is 2.10. The zero-order chi connectivity index (χ0) is 10.6. The van der Waals surface area contributed by atoms with E-state index in [-0.39, 0.29) is 18.6 Å². The fourth-order valence-corrected chi connectivity index (χ4v) is 1.22. The van der Waals surface area contributed by atoms with Crippen LogP contribution < -0.4 is 5.32 Å². The minimum atomic E-state index is -0.135. The monoisotopic (exact) mass is 193 g/mol. The van der Waals surface area contributed by atoms with E-state index >= 15 is 0 Å². The summed E-state index contributed by atoms with van der Waals surface area (Å²) in [4.78, 5) is 11.6. The summed E-state index contributed by atoms with van der Waals surface area (Å²) < 4.78 is 0. The van der Waals surface area contributed by atoms with E-state index in [4.69, 9.17) is 5.11 Å².